The minimum Gasteiger partial charge on any atom is -0.324 e. The van der Waals surface area contributed by atoms with Crippen LogP contribution < -0.4 is 16.2 Å². The van der Waals surface area contributed by atoms with Gasteiger partial charge in [-0.25, -0.2) is 14.3 Å². The lowest BCUT2D eigenvalue weighted by Crippen LogP contribution is -2.44. The number of aromatic nitrogens is 5. The van der Waals surface area contributed by atoms with Gasteiger partial charge < -0.3 is 10.6 Å². The van der Waals surface area contributed by atoms with Crippen molar-refractivity contribution in [3.63, 3.8) is 0 Å². The lowest BCUT2D eigenvalue weighted by Gasteiger charge is -2.35. The highest BCUT2D eigenvalue weighted by atomic mass is 28.3. The van der Waals surface area contributed by atoms with Crippen LogP contribution in [0.5, 0.6) is 0 Å². The van der Waals surface area contributed by atoms with Crippen LogP contribution in [-0.4, -0.2) is 38.9 Å². The zero-order chi connectivity index (χ0) is 27.4. The number of anilines is 2. The highest BCUT2D eigenvalue weighted by Gasteiger charge is 2.31. The molecule has 9 heteroatoms. The van der Waals surface area contributed by atoms with Crippen LogP contribution in [0.1, 0.15) is 63.1 Å². The molecule has 0 radical (unpaired) electrons. The summed E-state index contributed by atoms with van der Waals surface area (Å²) in [7, 11) is -1.39. The minimum atomic E-state index is -1.39. The zero-order valence-corrected chi connectivity index (χ0v) is 24.8. The maximum atomic E-state index is 13.4. The highest BCUT2D eigenvalue weighted by molar-refractivity contribution is 6.77. The summed E-state index contributed by atoms with van der Waals surface area (Å²) >= 11 is 0. The van der Waals surface area contributed by atoms with Gasteiger partial charge in [-0.2, -0.15) is 4.98 Å². The Hall–Kier alpha value is -3.30. The molecule has 1 aromatic carbocycles. The molecule has 0 saturated carbocycles. The van der Waals surface area contributed by atoms with Gasteiger partial charge in [-0.1, -0.05) is 46.5 Å². The second-order valence-corrected chi connectivity index (χ2v) is 18.0. The Bertz CT molecular complexity index is 1560. The van der Waals surface area contributed by atoms with E-state index in [4.69, 9.17) is 4.98 Å². The van der Waals surface area contributed by atoms with Crippen molar-refractivity contribution in [2.75, 3.05) is 11.9 Å². The summed E-state index contributed by atoms with van der Waals surface area (Å²) in [4.78, 5) is 27.4. The van der Waals surface area contributed by atoms with Gasteiger partial charge in [-0.3, -0.25) is 9.78 Å². The fourth-order valence-electron chi connectivity index (χ4n) is 5.28. The number of pyridine rings is 1. The SMILES string of the molecule is CC(C)n1c(=O)c2cnc(Nc3ccc4c(c3)CCNC4[Si](C)(C)C)nc2n1-c1ccnc(C(C)(C)C)c1. The monoisotopic (exact) mass is 529 g/mol. The summed E-state index contributed by atoms with van der Waals surface area (Å²) in [5.41, 5.74) is 6.35. The third kappa shape index (κ3) is 4.80. The van der Waals surface area contributed by atoms with E-state index in [9.17, 15) is 4.79 Å². The Kier molecular flexibility index (Phi) is 6.55. The molecule has 1 unspecified atom stereocenters. The zero-order valence-electron chi connectivity index (χ0n) is 23.8. The molecule has 4 aromatic rings. The first kappa shape index (κ1) is 26.3. The number of hydrogen-bond acceptors (Lipinski definition) is 6. The number of nitrogens with zero attached hydrogens (tertiary/aromatic N) is 5. The standard InChI is InChI=1S/C29H39N7OSi/c1-18(2)35-27(37)23-17-32-28(34-25(23)36(35)21-12-14-30-24(16-21)29(3,4)5)33-20-9-10-22-19(15-20)11-13-31-26(22)38(6,7)8/h9-10,12,14-18,26,31H,11,13H2,1-8H3,(H,32,33,34). The van der Waals surface area contributed by atoms with E-state index in [0.29, 0.717) is 22.6 Å². The summed E-state index contributed by atoms with van der Waals surface area (Å²) < 4.78 is 3.65. The molecular formula is C29H39N7OSi. The predicted molar refractivity (Wildman–Crippen MR) is 158 cm³/mol. The van der Waals surface area contributed by atoms with E-state index >= 15 is 0 Å². The highest BCUT2D eigenvalue weighted by Crippen LogP contribution is 2.32. The van der Waals surface area contributed by atoms with Gasteiger partial charge in [0.15, 0.2) is 5.65 Å². The molecule has 0 bridgehead atoms. The average molecular weight is 530 g/mol. The van der Waals surface area contributed by atoms with Crippen molar-refractivity contribution in [3.05, 3.63) is 69.9 Å². The van der Waals surface area contributed by atoms with E-state index in [1.54, 1.807) is 17.1 Å². The van der Waals surface area contributed by atoms with Crippen molar-refractivity contribution >= 4 is 30.7 Å². The molecule has 8 nitrogen and oxygen atoms in total. The fourth-order valence-corrected chi connectivity index (χ4v) is 7.25. The van der Waals surface area contributed by atoms with Gasteiger partial charge in [-0.05, 0) is 62.2 Å². The van der Waals surface area contributed by atoms with Crippen LogP contribution in [0.25, 0.3) is 16.7 Å². The Labute approximate surface area is 225 Å². The minimum absolute atomic E-state index is 0.0621. The number of hydrogen-bond donors (Lipinski definition) is 2. The molecular weight excluding hydrogens is 490 g/mol. The van der Waals surface area contributed by atoms with Crippen LogP contribution in [0.2, 0.25) is 19.6 Å². The fraction of sp³-hybridized carbons (Fsp3) is 0.448. The lowest BCUT2D eigenvalue weighted by atomic mass is 9.91. The average Bonchev–Trinajstić information content (AvgIpc) is 3.14. The molecule has 1 atom stereocenters. The maximum Gasteiger partial charge on any atom is 0.278 e. The topological polar surface area (TPSA) is 89.7 Å². The largest absolute Gasteiger partial charge is 0.324 e. The van der Waals surface area contributed by atoms with Gasteiger partial charge in [-0.15, -0.1) is 0 Å². The Morgan fingerprint density at radius 3 is 2.55 bits per heavy atom. The third-order valence-electron chi connectivity index (χ3n) is 7.19. The summed E-state index contributed by atoms with van der Waals surface area (Å²) in [6.45, 7) is 18.6. The smallest absolute Gasteiger partial charge is 0.278 e. The number of rotatable bonds is 5. The van der Waals surface area contributed by atoms with Crippen LogP contribution in [0, 0.1) is 0 Å². The first-order valence-corrected chi connectivity index (χ1v) is 17.0. The number of nitrogens with one attached hydrogen (secondary N) is 2. The van der Waals surface area contributed by atoms with Crippen molar-refractivity contribution in [2.24, 2.45) is 0 Å². The van der Waals surface area contributed by atoms with E-state index in [-0.39, 0.29) is 17.0 Å². The molecule has 4 heterocycles. The Balaban J connectivity index is 1.58. The molecule has 3 aromatic heterocycles. The molecule has 2 N–H and O–H groups in total. The normalized spacial score (nSPS) is 16.2. The van der Waals surface area contributed by atoms with Gasteiger partial charge >= 0.3 is 0 Å². The van der Waals surface area contributed by atoms with E-state index in [1.165, 1.54) is 11.1 Å². The van der Waals surface area contributed by atoms with Crippen LogP contribution in [0.3, 0.4) is 0 Å². The first-order chi connectivity index (χ1) is 17.8. The first-order valence-electron chi connectivity index (χ1n) is 13.4. The van der Waals surface area contributed by atoms with Gasteiger partial charge in [0.2, 0.25) is 5.95 Å². The van der Waals surface area contributed by atoms with Crippen molar-refractivity contribution in [3.8, 4) is 5.69 Å². The molecule has 0 saturated heterocycles. The quantitative estimate of drug-likeness (QED) is 0.324. The van der Waals surface area contributed by atoms with Gasteiger partial charge in [0.1, 0.15) is 5.39 Å². The van der Waals surface area contributed by atoms with E-state index in [0.717, 1.165) is 30.0 Å². The van der Waals surface area contributed by atoms with Crippen LogP contribution in [0.4, 0.5) is 11.6 Å². The van der Waals surface area contributed by atoms with Crippen LogP contribution in [-0.2, 0) is 11.8 Å². The molecule has 38 heavy (non-hydrogen) atoms. The van der Waals surface area contributed by atoms with E-state index in [2.05, 4.69) is 79.2 Å². The van der Waals surface area contributed by atoms with Gasteiger partial charge in [0.05, 0.1) is 13.8 Å². The van der Waals surface area contributed by atoms with Crippen molar-refractivity contribution in [1.29, 1.82) is 0 Å². The second-order valence-electron chi connectivity index (χ2n) is 12.7. The summed E-state index contributed by atoms with van der Waals surface area (Å²) in [6.07, 6.45) is 4.44. The summed E-state index contributed by atoms with van der Waals surface area (Å²) in [5, 5.41) is 7.63. The van der Waals surface area contributed by atoms with Crippen molar-refractivity contribution < 1.29 is 0 Å². The molecule has 5 rings (SSSR count). The number of fused-ring (bicyclic) bond motifs is 2. The lowest BCUT2D eigenvalue weighted by molar-refractivity contribution is 0.474. The summed E-state index contributed by atoms with van der Waals surface area (Å²) in [6, 6.07) is 10.5. The van der Waals surface area contributed by atoms with E-state index < -0.39 is 8.07 Å². The van der Waals surface area contributed by atoms with Crippen LogP contribution in [0.15, 0.2) is 47.5 Å². The predicted octanol–water partition coefficient (Wildman–Crippen LogP) is 5.66. The van der Waals surface area contributed by atoms with Crippen molar-refractivity contribution in [2.45, 2.75) is 77.8 Å². The molecule has 0 amide bonds. The van der Waals surface area contributed by atoms with Crippen LogP contribution >= 0.6 is 0 Å². The number of benzene rings is 1. The molecule has 1 aliphatic rings. The summed E-state index contributed by atoms with van der Waals surface area (Å²) in [5.74, 6) is 0.466. The molecule has 1 aliphatic heterocycles. The van der Waals surface area contributed by atoms with Crippen molar-refractivity contribution in [1.82, 2.24) is 29.6 Å². The Morgan fingerprint density at radius 2 is 1.87 bits per heavy atom. The molecule has 200 valence electrons. The Morgan fingerprint density at radius 1 is 1.11 bits per heavy atom. The molecule has 0 fully saturated rings. The maximum absolute atomic E-state index is 13.4. The van der Waals surface area contributed by atoms with Gasteiger partial charge in [0, 0.05) is 40.9 Å². The molecule has 0 spiro atoms. The van der Waals surface area contributed by atoms with E-state index in [1.807, 2.05) is 30.7 Å². The third-order valence-corrected chi connectivity index (χ3v) is 9.43. The molecule has 0 aliphatic carbocycles. The second kappa shape index (κ2) is 9.46. The van der Waals surface area contributed by atoms with Gasteiger partial charge in [0.25, 0.3) is 5.56 Å².